The summed E-state index contributed by atoms with van der Waals surface area (Å²) in [5.41, 5.74) is 1.18. The first-order valence-electron chi connectivity index (χ1n) is 12.8. The second-order valence-electron chi connectivity index (χ2n) is 9.80. The zero-order valence-electron chi connectivity index (χ0n) is 21.2. The van der Waals surface area contributed by atoms with E-state index in [1.54, 1.807) is 22.5 Å². The van der Waals surface area contributed by atoms with Crippen molar-refractivity contribution in [3.8, 4) is 11.3 Å². The van der Waals surface area contributed by atoms with Crippen molar-refractivity contribution in [2.24, 2.45) is 0 Å². The molecule has 0 bridgehead atoms. The number of halogens is 4. The van der Waals surface area contributed by atoms with Crippen molar-refractivity contribution < 1.29 is 22.2 Å². The second-order valence-corrected chi connectivity index (χ2v) is 13.2. The van der Waals surface area contributed by atoms with Crippen molar-refractivity contribution >= 4 is 45.6 Å². The van der Waals surface area contributed by atoms with E-state index in [9.17, 15) is 22.2 Å². The van der Waals surface area contributed by atoms with Crippen LogP contribution < -0.4 is 10.2 Å². The monoisotopic (exact) mass is 596 g/mol. The number of hydrogen-bond donors (Lipinski definition) is 1. The SMILES string of the molecule is CC1CCCN1c1cc(CNC(=O)C2CCCN2S(=O)c2ccc(Cl)s2)cc(-c2ccc(C(F)(F)F)cc2)n1. The lowest BCUT2D eigenvalue weighted by molar-refractivity contribution is -0.137. The lowest BCUT2D eigenvalue weighted by Crippen LogP contribution is -2.43. The molecule has 0 aliphatic carbocycles. The molecule has 6 nitrogen and oxygen atoms in total. The Bertz CT molecular complexity index is 1370. The average Bonchev–Trinajstić information content (AvgIpc) is 3.67. The van der Waals surface area contributed by atoms with Crippen molar-refractivity contribution in [3.05, 3.63) is 64.0 Å². The third kappa shape index (κ3) is 6.32. The molecular formula is C27H28ClF3N4O2S2. The molecule has 5 rings (SSSR count). The number of rotatable bonds is 7. The summed E-state index contributed by atoms with van der Waals surface area (Å²) in [7, 11) is -1.47. The minimum Gasteiger partial charge on any atom is -0.354 e. The normalized spacial score (nSPS) is 20.9. The van der Waals surface area contributed by atoms with Crippen LogP contribution in [0.1, 0.15) is 43.7 Å². The minimum absolute atomic E-state index is 0.214. The Labute approximate surface area is 236 Å². The highest BCUT2D eigenvalue weighted by molar-refractivity contribution is 7.85. The average molecular weight is 597 g/mol. The summed E-state index contributed by atoms with van der Waals surface area (Å²) < 4.78 is 55.2. The van der Waals surface area contributed by atoms with Crippen LogP contribution >= 0.6 is 22.9 Å². The van der Waals surface area contributed by atoms with E-state index in [0.717, 1.165) is 49.3 Å². The van der Waals surface area contributed by atoms with Gasteiger partial charge < -0.3 is 10.2 Å². The third-order valence-corrected chi connectivity index (χ3v) is 10.2. The number of carbonyl (C=O) groups is 1. The van der Waals surface area contributed by atoms with Crippen LogP contribution in [0.4, 0.5) is 19.0 Å². The summed E-state index contributed by atoms with van der Waals surface area (Å²) in [4.78, 5) is 20.2. The van der Waals surface area contributed by atoms with Crippen LogP contribution in [0.25, 0.3) is 11.3 Å². The van der Waals surface area contributed by atoms with Gasteiger partial charge in [0.25, 0.3) is 0 Å². The van der Waals surface area contributed by atoms with Gasteiger partial charge in [0.05, 0.1) is 15.6 Å². The van der Waals surface area contributed by atoms with E-state index in [1.807, 2.05) is 6.07 Å². The van der Waals surface area contributed by atoms with Gasteiger partial charge in [-0.3, -0.25) is 4.79 Å². The molecule has 1 N–H and O–H groups in total. The topological polar surface area (TPSA) is 65.5 Å². The van der Waals surface area contributed by atoms with Gasteiger partial charge in [-0.25, -0.2) is 13.5 Å². The molecule has 12 heteroatoms. The number of alkyl halides is 3. The molecule has 0 saturated carbocycles. The molecule has 2 saturated heterocycles. The summed E-state index contributed by atoms with van der Waals surface area (Å²) in [5.74, 6) is 0.521. The molecule has 2 aromatic heterocycles. The van der Waals surface area contributed by atoms with Crippen LogP contribution in [0.5, 0.6) is 0 Å². The largest absolute Gasteiger partial charge is 0.416 e. The van der Waals surface area contributed by atoms with Crippen LogP contribution in [0, 0.1) is 0 Å². The van der Waals surface area contributed by atoms with Crippen LogP contribution in [-0.2, 0) is 28.5 Å². The van der Waals surface area contributed by atoms with Gasteiger partial charge in [-0.2, -0.15) is 13.2 Å². The van der Waals surface area contributed by atoms with Gasteiger partial charge in [0.15, 0.2) is 0 Å². The standard InChI is InChI=1S/C27H28ClF3N4O2S2/c1-17-4-2-12-34(17)24-15-18(14-21(33-24)19-6-8-20(9-7-19)27(29,30)31)16-32-26(36)22-5-3-13-35(22)39(37)25-11-10-23(28)38-25/h6-11,14-15,17,22H,2-5,12-13,16H2,1H3,(H,32,36). The number of amides is 1. The fourth-order valence-corrected chi connectivity index (χ4v) is 7.98. The number of hydrogen-bond acceptors (Lipinski definition) is 5. The molecule has 3 aromatic rings. The Balaban J connectivity index is 1.36. The Morgan fingerprint density at radius 3 is 2.51 bits per heavy atom. The lowest BCUT2D eigenvalue weighted by Gasteiger charge is -2.24. The Hall–Kier alpha value is -2.47. The maximum atomic E-state index is 13.2. The van der Waals surface area contributed by atoms with Gasteiger partial charge in [0, 0.05) is 31.2 Å². The number of anilines is 1. The minimum atomic E-state index is -4.41. The Morgan fingerprint density at radius 1 is 1.13 bits per heavy atom. The molecule has 1 amide bonds. The first-order chi connectivity index (χ1) is 18.6. The highest BCUT2D eigenvalue weighted by atomic mass is 35.5. The van der Waals surface area contributed by atoms with Crippen molar-refractivity contribution in [3.63, 3.8) is 0 Å². The van der Waals surface area contributed by atoms with Crippen molar-refractivity contribution in [1.82, 2.24) is 14.6 Å². The summed E-state index contributed by atoms with van der Waals surface area (Å²) in [6.45, 7) is 3.72. The fourth-order valence-electron chi connectivity index (χ4n) is 5.09. The van der Waals surface area contributed by atoms with Crippen LogP contribution in [-0.4, -0.2) is 44.6 Å². The Kier molecular flexibility index (Phi) is 8.32. The number of aromatic nitrogens is 1. The van der Waals surface area contributed by atoms with Crippen LogP contribution in [0.2, 0.25) is 4.34 Å². The number of nitrogens with one attached hydrogen (secondary N) is 1. The first kappa shape index (κ1) is 28.1. The summed E-state index contributed by atoms with van der Waals surface area (Å²) in [6.07, 6.45) is -0.999. The maximum Gasteiger partial charge on any atom is 0.416 e. The molecule has 2 aliphatic heterocycles. The predicted molar refractivity (Wildman–Crippen MR) is 148 cm³/mol. The summed E-state index contributed by atoms with van der Waals surface area (Å²) in [5, 5.41) is 2.99. The lowest BCUT2D eigenvalue weighted by atomic mass is 10.1. The third-order valence-electron chi connectivity index (χ3n) is 7.13. The van der Waals surface area contributed by atoms with Crippen molar-refractivity contribution in [2.75, 3.05) is 18.0 Å². The molecule has 2 fully saturated rings. The number of pyridine rings is 1. The molecule has 39 heavy (non-hydrogen) atoms. The second kappa shape index (κ2) is 11.6. The van der Waals surface area contributed by atoms with Gasteiger partial charge in [0.1, 0.15) is 27.1 Å². The van der Waals surface area contributed by atoms with Crippen molar-refractivity contribution in [2.45, 2.75) is 61.6 Å². The van der Waals surface area contributed by atoms with Gasteiger partial charge in [-0.05, 0) is 74.6 Å². The van der Waals surface area contributed by atoms with E-state index >= 15 is 0 Å². The quantitative estimate of drug-likeness (QED) is 0.349. The van der Waals surface area contributed by atoms with E-state index in [2.05, 4.69) is 17.1 Å². The van der Waals surface area contributed by atoms with Gasteiger partial charge in [-0.15, -0.1) is 11.3 Å². The van der Waals surface area contributed by atoms with E-state index < -0.39 is 28.8 Å². The molecule has 3 atom stereocenters. The molecule has 0 spiro atoms. The van der Waals surface area contributed by atoms with Crippen LogP contribution in [0.15, 0.2) is 52.7 Å². The fraction of sp³-hybridized carbons (Fsp3) is 0.407. The van der Waals surface area contributed by atoms with E-state index in [-0.39, 0.29) is 18.5 Å². The number of carbonyl (C=O) groups excluding carboxylic acids is 1. The molecule has 4 heterocycles. The zero-order valence-corrected chi connectivity index (χ0v) is 23.6. The van der Waals surface area contributed by atoms with E-state index in [4.69, 9.17) is 16.6 Å². The van der Waals surface area contributed by atoms with E-state index in [0.29, 0.717) is 32.8 Å². The molecule has 2 aliphatic rings. The van der Waals surface area contributed by atoms with Crippen molar-refractivity contribution in [1.29, 1.82) is 0 Å². The Morgan fingerprint density at radius 2 is 1.87 bits per heavy atom. The highest BCUT2D eigenvalue weighted by Crippen LogP contribution is 2.33. The molecule has 1 aromatic carbocycles. The van der Waals surface area contributed by atoms with Gasteiger partial charge in [0.2, 0.25) is 5.91 Å². The maximum absolute atomic E-state index is 13.2. The molecule has 208 valence electrons. The van der Waals surface area contributed by atoms with Crippen LogP contribution in [0.3, 0.4) is 0 Å². The predicted octanol–water partition coefficient (Wildman–Crippen LogP) is 6.27. The summed E-state index contributed by atoms with van der Waals surface area (Å²) >= 11 is 7.25. The van der Waals surface area contributed by atoms with Gasteiger partial charge in [-0.1, -0.05) is 23.7 Å². The van der Waals surface area contributed by atoms with Gasteiger partial charge >= 0.3 is 6.18 Å². The molecule has 3 unspecified atom stereocenters. The van der Waals surface area contributed by atoms with E-state index in [1.165, 1.54) is 23.5 Å². The number of thiophene rings is 1. The highest BCUT2D eigenvalue weighted by Gasteiger charge is 2.35. The smallest absolute Gasteiger partial charge is 0.354 e. The number of nitrogens with zero attached hydrogens (tertiary/aromatic N) is 3. The first-order valence-corrected chi connectivity index (χ1v) is 15.1. The molecular weight excluding hydrogens is 569 g/mol. The zero-order chi connectivity index (χ0) is 27.7. The molecule has 0 radical (unpaired) electrons. The number of benzene rings is 1. The summed E-state index contributed by atoms with van der Waals surface area (Å²) in [6, 6.07) is 11.9.